The molecule has 2 aromatic rings. The first kappa shape index (κ1) is 22.8. The van der Waals surface area contributed by atoms with Crippen LogP contribution in [0, 0.1) is 5.92 Å². The van der Waals surface area contributed by atoms with E-state index in [1.54, 1.807) is 7.05 Å². The van der Waals surface area contributed by atoms with Gasteiger partial charge in [0.05, 0.1) is 12.9 Å². The first-order valence-electron chi connectivity index (χ1n) is 8.14. The summed E-state index contributed by atoms with van der Waals surface area (Å²) in [5.41, 5.74) is 5.46. The van der Waals surface area contributed by atoms with Gasteiger partial charge in [0.2, 0.25) is 5.95 Å². The normalized spacial score (nSPS) is 13.4. The lowest BCUT2D eigenvalue weighted by atomic mass is 10.1. The van der Waals surface area contributed by atoms with E-state index in [2.05, 4.69) is 20.3 Å². The van der Waals surface area contributed by atoms with Gasteiger partial charge < -0.3 is 25.6 Å². The number of likely N-dealkylation sites (N-methyl/N-ethyl adjacent to an activating group) is 1. The van der Waals surface area contributed by atoms with Gasteiger partial charge >= 0.3 is 5.97 Å². The first-order valence-corrected chi connectivity index (χ1v) is 8.14. The van der Waals surface area contributed by atoms with E-state index in [0.29, 0.717) is 0 Å². The minimum Gasteiger partial charge on any atom is -0.462 e. The highest BCUT2D eigenvalue weighted by atomic mass is 35.5. The standard InChI is InChI=1S/C15H24N6O5.ClH/c1-8(2)10(17-3)14(24)25-5-9(4-22)26-7-21-6-18-11-12(21)19-15(16)20-13(11)23;/h6,8-10,17,22H,4-5,7H2,1-3H3,(H3,16,19,20,23);1H. The Kier molecular flexibility index (Phi) is 8.63. The Morgan fingerprint density at radius 1 is 1.48 bits per heavy atom. The summed E-state index contributed by atoms with van der Waals surface area (Å²) in [6.45, 7) is 3.29. The molecule has 2 heterocycles. The number of hydrogen-bond acceptors (Lipinski definition) is 9. The first-order chi connectivity index (χ1) is 12.4. The lowest BCUT2D eigenvalue weighted by molar-refractivity contribution is -0.154. The quantitative estimate of drug-likeness (QED) is 0.394. The average Bonchev–Trinajstić information content (AvgIpc) is 2.98. The van der Waals surface area contributed by atoms with Gasteiger partial charge in [-0.2, -0.15) is 4.98 Å². The predicted molar refractivity (Wildman–Crippen MR) is 100 cm³/mol. The number of halogens is 1. The zero-order chi connectivity index (χ0) is 19.3. The predicted octanol–water partition coefficient (Wildman–Crippen LogP) is -0.754. The molecular formula is C15H25ClN6O5. The van der Waals surface area contributed by atoms with Crippen LogP contribution in [0.2, 0.25) is 0 Å². The van der Waals surface area contributed by atoms with Crippen LogP contribution in [-0.4, -0.2) is 63.0 Å². The number of aliphatic hydroxyl groups is 1. The van der Waals surface area contributed by atoms with E-state index in [4.69, 9.17) is 15.2 Å². The van der Waals surface area contributed by atoms with Crippen molar-refractivity contribution < 1.29 is 19.4 Å². The molecule has 0 amide bonds. The number of ether oxygens (including phenoxy) is 2. The fourth-order valence-corrected chi connectivity index (χ4v) is 2.39. The number of esters is 1. The highest BCUT2D eigenvalue weighted by Gasteiger charge is 2.23. The molecule has 11 nitrogen and oxygen atoms in total. The van der Waals surface area contributed by atoms with Gasteiger partial charge in [0.15, 0.2) is 11.2 Å². The van der Waals surface area contributed by atoms with Crippen molar-refractivity contribution in [2.75, 3.05) is 26.0 Å². The molecule has 0 aliphatic heterocycles. The van der Waals surface area contributed by atoms with Gasteiger partial charge in [0.1, 0.15) is 25.5 Å². The van der Waals surface area contributed by atoms with Crippen molar-refractivity contribution in [1.29, 1.82) is 0 Å². The maximum Gasteiger partial charge on any atom is 0.323 e. The number of aliphatic hydroxyl groups excluding tert-OH is 1. The monoisotopic (exact) mass is 404 g/mol. The van der Waals surface area contributed by atoms with E-state index in [0.717, 1.165) is 0 Å². The van der Waals surface area contributed by atoms with E-state index in [-0.39, 0.29) is 55.4 Å². The Hall–Kier alpha value is -2.21. The van der Waals surface area contributed by atoms with Crippen LogP contribution in [0.4, 0.5) is 5.95 Å². The molecule has 2 aromatic heterocycles. The molecule has 0 saturated heterocycles. The minimum atomic E-state index is -0.736. The molecule has 2 rings (SSSR count). The number of carbonyl (C=O) groups is 1. The second-order valence-electron chi connectivity index (χ2n) is 6.08. The molecule has 0 fully saturated rings. The molecule has 5 N–H and O–H groups in total. The Morgan fingerprint density at radius 2 is 2.19 bits per heavy atom. The van der Waals surface area contributed by atoms with Gasteiger partial charge in [-0.15, -0.1) is 12.4 Å². The summed E-state index contributed by atoms with van der Waals surface area (Å²) in [6, 6.07) is -0.439. The number of carbonyl (C=O) groups excluding carboxylic acids is 1. The fourth-order valence-electron chi connectivity index (χ4n) is 2.39. The zero-order valence-corrected chi connectivity index (χ0v) is 16.2. The topological polar surface area (TPSA) is 157 Å². The Morgan fingerprint density at radius 3 is 2.78 bits per heavy atom. The van der Waals surface area contributed by atoms with Crippen molar-refractivity contribution >= 4 is 35.5 Å². The van der Waals surface area contributed by atoms with E-state index in [9.17, 15) is 14.7 Å². The highest BCUT2D eigenvalue weighted by molar-refractivity contribution is 5.85. The summed E-state index contributed by atoms with van der Waals surface area (Å²) in [4.78, 5) is 34.1. The number of anilines is 1. The molecule has 0 radical (unpaired) electrons. The number of aromatic nitrogens is 4. The molecule has 0 aliphatic carbocycles. The van der Waals surface area contributed by atoms with Crippen LogP contribution in [0.1, 0.15) is 13.8 Å². The number of rotatable bonds is 9. The van der Waals surface area contributed by atoms with Crippen molar-refractivity contribution in [2.45, 2.75) is 32.7 Å². The number of H-pyrrole nitrogens is 1. The number of nitrogens with two attached hydrogens (primary N) is 1. The van der Waals surface area contributed by atoms with Crippen molar-refractivity contribution in [2.24, 2.45) is 5.92 Å². The lowest BCUT2D eigenvalue weighted by Gasteiger charge is -2.21. The summed E-state index contributed by atoms with van der Waals surface area (Å²) in [7, 11) is 1.68. The molecule has 27 heavy (non-hydrogen) atoms. The fraction of sp³-hybridized carbons (Fsp3) is 0.600. The van der Waals surface area contributed by atoms with Crippen molar-refractivity contribution in [3.05, 3.63) is 16.7 Å². The molecule has 0 spiro atoms. The molecule has 0 aliphatic rings. The van der Waals surface area contributed by atoms with Crippen LogP contribution in [0.15, 0.2) is 11.1 Å². The Labute approximate surface area is 161 Å². The molecule has 2 unspecified atom stereocenters. The molecule has 0 bridgehead atoms. The minimum absolute atomic E-state index is 0. The van der Waals surface area contributed by atoms with Crippen LogP contribution in [0.5, 0.6) is 0 Å². The van der Waals surface area contributed by atoms with Gasteiger partial charge in [0.25, 0.3) is 5.56 Å². The van der Waals surface area contributed by atoms with Crippen LogP contribution in [-0.2, 0) is 21.0 Å². The molecular weight excluding hydrogens is 380 g/mol. The van der Waals surface area contributed by atoms with Gasteiger partial charge in [0, 0.05) is 0 Å². The third-order valence-electron chi connectivity index (χ3n) is 3.79. The van der Waals surface area contributed by atoms with Gasteiger partial charge in [-0.05, 0) is 13.0 Å². The van der Waals surface area contributed by atoms with Crippen LogP contribution >= 0.6 is 12.4 Å². The van der Waals surface area contributed by atoms with Crippen LogP contribution in [0.3, 0.4) is 0 Å². The van der Waals surface area contributed by atoms with Gasteiger partial charge in [-0.25, -0.2) is 4.98 Å². The average molecular weight is 405 g/mol. The van der Waals surface area contributed by atoms with Crippen LogP contribution < -0.4 is 16.6 Å². The second-order valence-corrected chi connectivity index (χ2v) is 6.08. The van der Waals surface area contributed by atoms with E-state index in [1.165, 1.54) is 10.9 Å². The molecule has 2 atom stereocenters. The van der Waals surface area contributed by atoms with Crippen molar-refractivity contribution in [1.82, 2.24) is 24.8 Å². The number of nitrogen functional groups attached to an aromatic ring is 1. The molecule has 0 aromatic carbocycles. The number of hydrogen-bond donors (Lipinski definition) is 4. The molecule has 0 saturated carbocycles. The number of nitrogens with one attached hydrogen (secondary N) is 2. The van der Waals surface area contributed by atoms with Gasteiger partial charge in [-0.1, -0.05) is 13.8 Å². The smallest absolute Gasteiger partial charge is 0.323 e. The SMILES string of the molecule is CNC(C(=O)OCC(CO)OCn1cnc2c(=O)[nH]c(N)nc21)C(C)C.Cl. The van der Waals surface area contributed by atoms with E-state index < -0.39 is 23.7 Å². The van der Waals surface area contributed by atoms with Crippen molar-refractivity contribution in [3.8, 4) is 0 Å². The third-order valence-corrected chi connectivity index (χ3v) is 3.79. The van der Waals surface area contributed by atoms with E-state index >= 15 is 0 Å². The molecule has 152 valence electrons. The Bertz CT molecular complexity index is 808. The number of aromatic amines is 1. The number of fused-ring (bicyclic) bond motifs is 1. The summed E-state index contributed by atoms with van der Waals surface area (Å²) >= 11 is 0. The maximum absolute atomic E-state index is 12.0. The Balaban J connectivity index is 0.00000364. The summed E-state index contributed by atoms with van der Waals surface area (Å²) in [6.07, 6.45) is 0.642. The van der Waals surface area contributed by atoms with Crippen molar-refractivity contribution in [3.63, 3.8) is 0 Å². The molecule has 12 heteroatoms. The third kappa shape index (κ3) is 5.63. The lowest BCUT2D eigenvalue weighted by Crippen LogP contribution is -2.41. The summed E-state index contributed by atoms with van der Waals surface area (Å²) in [5.74, 6) is -0.393. The second kappa shape index (κ2) is 10.2. The zero-order valence-electron chi connectivity index (χ0n) is 15.3. The number of nitrogens with zero attached hydrogens (tertiary/aromatic N) is 3. The largest absolute Gasteiger partial charge is 0.462 e. The van der Waals surface area contributed by atoms with Crippen LogP contribution in [0.25, 0.3) is 11.2 Å². The summed E-state index contributed by atoms with van der Waals surface area (Å²) in [5, 5.41) is 12.3. The maximum atomic E-state index is 12.0. The summed E-state index contributed by atoms with van der Waals surface area (Å²) < 4.78 is 12.2. The number of imidazole rings is 1. The van der Waals surface area contributed by atoms with Gasteiger partial charge in [-0.3, -0.25) is 19.1 Å². The van der Waals surface area contributed by atoms with E-state index in [1.807, 2.05) is 13.8 Å². The highest BCUT2D eigenvalue weighted by Crippen LogP contribution is 2.08.